The van der Waals surface area contributed by atoms with Crippen LogP contribution in [0.25, 0.3) is 0 Å². The summed E-state index contributed by atoms with van der Waals surface area (Å²) >= 11 is 0. The smallest absolute Gasteiger partial charge is 0.352 e. The number of aryl methyl sites for hydroxylation is 1. The molecule has 0 aromatic carbocycles. The van der Waals surface area contributed by atoms with Gasteiger partial charge in [0, 0.05) is 25.6 Å². The standard InChI is InChI=1S/C9H10N4O4S/c1-13-5-6(4-7(13)8(14)15)18(16,17)12-9-10-2-3-11-9/h2-5H,1H3,(H,14,15)(H2,10,11,12). The molecule has 0 aliphatic carbocycles. The van der Waals surface area contributed by atoms with E-state index in [0.29, 0.717) is 0 Å². The van der Waals surface area contributed by atoms with Crippen molar-refractivity contribution in [3.8, 4) is 0 Å². The summed E-state index contributed by atoms with van der Waals surface area (Å²) < 4.78 is 27.2. The van der Waals surface area contributed by atoms with Gasteiger partial charge in [-0.2, -0.15) is 0 Å². The molecule has 0 unspecified atom stereocenters. The number of carboxylic acids is 1. The molecule has 2 heterocycles. The summed E-state index contributed by atoms with van der Waals surface area (Å²) in [7, 11) is -2.39. The van der Waals surface area contributed by atoms with E-state index in [0.717, 1.165) is 6.07 Å². The third-order valence-corrected chi connectivity index (χ3v) is 3.54. The maximum absolute atomic E-state index is 11.9. The van der Waals surface area contributed by atoms with Crippen molar-refractivity contribution in [3.05, 3.63) is 30.4 Å². The van der Waals surface area contributed by atoms with Crippen molar-refractivity contribution in [2.45, 2.75) is 4.90 Å². The van der Waals surface area contributed by atoms with Gasteiger partial charge in [0.05, 0.1) is 0 Å². The number of sulfonamides is 1. The van der Waals surface area contributed by atoms with Gasteiger partial charge in [0.25, 0.3) is 10.0 Å². The number of hydrogen-bond acceptors (Lipinski definition) is 4. The fourth-order valence-corrected chi connectivity index (χ4v) is 2.45. The van der Waals surface area contributed by atoms with E-state index in [9.17, 15) is 13.2 Å². The van der Waals surface area contributed by atoms with Crippen molar-refractivity contribution in [1.82, 2.24) is 14.5 Å². The van der Waals surface area contributed by atoms with Crippen LogP contribution in [-0.2, 0) is 17.1 Å². The maximum atomic E-state index is 11.9. The van der Waals surface area contributed by atoms with Crippen LogP contribution in [0.15, 0.2) is 29.6 Å². The lowest BCUT2D eigenvalue weighted by molar-refractivity contribution is 0.0686. The van der Waals surface area contributed by atoms with Crippen molar-refractivity contribution in [3.63, 3.8) is 0 Å². The largest absolute Gasteiger partial charge is 0.477 e. The molecule has 0 aliphatic rings. The molecule has 0 aliphatic heterocycles. The van der Waals surface area contributed by atoms with Crippen LogP contribution >= 0.6 is 0 Å². The zero-order chi connectivity index (χ0) is 13.3. The zero-order valence-corrected chi connectivity index (χ0v) is 10.1. The van der Waals surface area contributed by atoms with E-state index in [2.05, 4.69) is 14.7 Å². The van der Waals surface area contributed by atoms with Crippen molar-refractivity contribution >= 4 is 21.9 Å². The molecular formula is C9H10N4O4S. The third-order valence-electron chi connectivity index (χ3n) is 2.24. The second-order valence-electron chi connectivity index (χ2n) is 3.52. The number of nitrogens with one attached hydrogen (secondary N) is 2. The molecule has 8 nitrogen and oxygen atoms in total. The van der Waals surface area contributed by atoms with Crippen LogP contribution in [0.2, 0.25) is 0 Å². The number of hydrogen-bond donors (Lipinski definition) is 3. The van der Waals surface area contributed by atoms with Crippen molar-refractivity contribution in [2.75, 3.05) is 4.72 Å². The van der Waals surface area contributed by atoms with Crippen LogP contribution in [0.5, 0.6) is 0 Å². The summed E-state index contributed by atoms with van der Waals surface area (Å²) in [5, 5.41) is 8.85. The summed E-state index contributed by atoms with van der Waals surface area (Å²) in [5.41, 5.74) is -0.116. The van der Waals surface area contributed by atoms with Gasteiger partial charge in [-0.3, -0.25) is 0 Å². The molecule has 0 amide bonds. The normalized spacial score (nSPS) is 11.4. The van der Waals surface area contributed by atoms with Crippen LogP contribution in [0.3, 0.4) is 0 Å². The number of rotatable bonds is 4. The Hall–Kier alpha value is -2.29. The topological polar surface area (TPSA) is 117 Å². The molecule has 96 valence electrons. The Morgan fingerprint density at radius 2 is 2.28 bits per heavy atom. The second-order valence-corrected chi connectivity index (χ2v) is 5.20. The highest BCUT2D eigenvalue weighted by molar-refractivity contribution is 7.92. The predicted octanol–water partition coefficient (Wildman–Crippen LogP) is 0.247. The van der Waals surface area contributed by atoms with E-state index in [1.54, 1.807) is 0 Å². The van der Waals surface area contributed by atoms with Gasteiger partial charge in [-0.15, -0.1) is 0 Å². The number of aromatic amines is 1. The summed E-state index contributed by atoms with van der Waals surface area (Å²) in [6, 6.07) is 1.08. The maximum Gasteiger partial charge on any atom is 0.352 e. The first kappa shape index (κ1) is 12.2. The molecule has 0 saturated heterocycles. The Kier molecular flexibility index (Phi) is 2.83. The van der Waals surface area contributed by atoms with Crippen LogP contribution in [-0.4, -0.2) is 34.0 Å². The quantitative estimate of drug-likeness (QED) is 0.736. The minimum atomic E-state index is -3.85. The predicted molar refractivity (Wildman–Crippen MR) is 61.8 cm³/mol. The SMILES string of the molecule is Cn1cc(S(=O)(=O)Nc2ncc[nH]2)cc1C(=O)O. The molecule has 0 radical (unpaired) electrons. The molecule has 0 fully saturated rings. The summed E-state index contributed by atoms with van der Waals surface area (Å²) in [6.07, 6.45) is 4.08. The molecule has 2 aromatic rings. The summed E-state index contributed by atoms with van der Waals surface area (Å²) in [6.45, 7) is 0. The van der Waals surface area contributed by atoms with Crippen molar-refractivity contribution < 1.29 is 18.3 Å². The number of imidazole rings is 1. The number of nitrogens with zero attached hydrogens (tertiary/aromatic N) is 2. The van der Waals surface area contributed by atoms with Crippen LogP contribution in [0.4, 0.5) is 5.95 Å². The van der Waals surface area contributed by atoms with E-state index < -0.39 is 16.0 Å². The number of anilines is 1. The van der Waals surface area contributed by atoms with Gasteiger partial charge < -0.3 is 14.7 Å². The number of aromatic nitrogens is 3. The molecule has 18 heavy (non-hydrogen) atoms. The summed E-state index contributed by atoms with van der Waals surface area (Å²) in [4.78, 5) is 17.0. The highest BCUT2D eigenvalue weighted by Crippen LogP contribution is 2.16. The molecule has 2 rings (SSSR count). The molecule has 0 bridgehead atoms. The van der Waals surface area contributed by atoms with E-state index in [1.807, 2.05) is 0 Å². The lowest BCUT2D eigenvalue weighted by Crippen LogP contribution is -2.13. The first-order chi connectivity index (χ1) is 8.40. The molecule has 0 spiro atoms. The van der Waals surface area contributed by atoms with Crippen LogP contribution in [0, 0.1) is 0 Å². The zero-order valence-electron chi connectivity index (χ0n) is 9.28. The van der Waals surface area contributed by atoms with Crippen LogP contribution < -0.4 is 4.72 Å². The van der Waals surface area contributed by atoms with E-state index in [-0.39, 0.29) is 16.5 Å². The lowest BCUT2D eigenvalue weighted by atomic mass is 10.4. The number of carboxylic acid groups (broad SMARTS) is 1. The molecule has 0 atom stereocenters. The first-order valence-corrected chi connectivity index (χ1v) is 6.30. The minimum absolute atomic E-state index is 0.0655. The van der Waals surface area contributed by atoms with Crippen molar-refractivity contribution in [1.29, 1.82) is 0 Å². The Labute approximate surface area is 102 Å². The highest BCUT2D eigenvalue weighted by Gasteiger charge is 2.20. The third kappa shape index (κ3) is 2.20. The monoisotopic (exact) mass is 270 g/mol. The van der Waals surface area contributed by atoms with Gasteiger partial charge in [0.15, 0.2) is 0 Å². The average molecular weight is 270 g/mol. The van der Waals surface area contributed by atoms with Crippen LogP contribution in [0.1, 0.15) is 10.5 Å². The minimum Gasteiger partial charge on any atom is -0.477 e. The molecule has 3 N–H and O–H groups in total. The molecular weight excluding hydrogens is 260 g/mol. The van der Waals surface area contributed by atoms with Gasteiger partial charge in [-0.25, -0.2) is 22.9 Å². The van der Waals surface area contributed by atoms with E-state index in [1.165, 1.54) is 30.2 Å². The lowest BCUT2D eigenvalue weighted by Gasteiger charge is -2.01. The molecule has 2 aromatic heterocycles. The highest BCUT2D eigenvalue weighted by atomic mass is 32.2. The van der Waals surface area contributed by atoms with Gasteiger partial charge in [0.1, 0.15) is 10.6 Å². The van der Waals surface area contributed by atoms with Gasteiger partial charge in [0.2, 0.25) is 5.95 Å². The average Bonchev–Trinajstić information content (AvgIpc) is 2.86. The van der Waals surface area contributed by atoms with E-state index >= 15 is 0 Å². The van der Waals surface area contributed by atoms with Gasteiger partial charge >= 0.3 is 5.97 Å². The Balaban J connectivity index is 2.36. The number of H-pyrrole nitrogens is 1. The number of carbonyl (C=O) groups is 1. The number of aromatic carboxylic acids is 1. The Morgan fingerprint density at radius 3 is 2.78 bits per heavy atom. The van der Waals surface area contributed by atoms with E-state index in [4.69, 9.17) is 5.11 Å². The fourth-order valence-electron chi connectivity index (χ4n) is 1.40. The fraction of sp³-hybridized carbons (Fsp3) is 0.111. The molecule has 0 saturated carbocycles. The summed E-state index contributed by atoms with van der Waals surface area (Å²) in [5.74, 6) is -1.13. The van der Waals surface area contributed by atoms with Gasteiger partial charge in [-0.05, 0) is 6.07 Å². The Bertz CT molecular complexity index is 671. The Morgan fingerprint density at radius 1 is 1.56 bits per heavy atom. The van der Waals surface area contributed by atoms with Crippen molar-refractivity contribution in [2.24, 2.45) is 7.05 Å². The first-order valence-electron chi connectivity index (χ1n) is 4.82. The van der Waals surface area contributed by atoms with Gasteiger partial charge in [-0.1, -0.05) is 0 Å². The second kappa shape index (κ2) is 4.18. The molecule has 9 heteroatoms.